The molecule has 1 fully saturated rings. The summed E-state index contributed by atoms with van der Waals surface area (Å²) in [5.74, 6) is 0.164. The van der Waals surface area contributed by atoms with Crippen molar-refractivity contribution >= 4 is 0 Å². The van der Waals surface area contributed by atoms with Crippen molar-refractivity contribution in [2.75, 3.05) is 13.2 Å². The predicted molar refractivity (Wildman–Crippen MR) is 53.8 cm³/mol. The van der Waals surface area contributed by atoms with Crippen LogP contribution in [0.3, 0.4) is 0 Å². The summed E-state index contributed by atoms with van der Waals surface area (Å²) in [5.41, 5.74) is -0.407. The molecule has 2 aliphatic rings. The Balaban J connectivity index is 1.97. The summed E-state index contributed by atoms with van der Waals surface area (Å²) in [4.78, 5) is 0. The molecule has 86 valence electrons. The number of halogens is 2. The lowest BCUT2D eigenvalue weighted by Crippen LogP contribution is -2.50. The maximum absolute atomic E-state index is 13.9. The van der Waals surface area contributed by atoms with Crippen molar-refractivity contribution in [3.05, 3.63) is 29.6 Å². The second kappa shape index (κ2) is 3.42. The van der Waals surface area contributed by atoms with Crippen LogP contribution in [0.2, 0.25) is 0 Å². The first-order chi connectivity index (χ1) is 7.71. The third-order valence-corrected chi connectivity index (χ3v) is 3.37. The largest absolute Gasteiger partial charge is 0.483 e. The molecule has 4 heteroatoms. The van der Waals surface area contributed by atoms with Crippen molar-refractivity contribution in [1.82, 2.24) is 0 Å². The van der Waals surface area contributed by atoms with E-state index < -0.39 is 11.8 Å². The van der Waals surface area contributed by atoms with E-state index >= 15 is 0 Å². The van der Waals surface area contributed by atoms with Crippen LogP contribution in [0.5, 0.6) is 5.75 Å². The summed E-state index contributed by atoms with van der Waals surface area (Å²) in [6.07, 6.45) is -0.407. The summed E-state index contributed by atoms with van der Waals surface area (Å²) < 4.78 is 38.1. The van der Waals surface area contributed by atoms with Gasteiger partial charge in [0.1, 0.15) is 17.2 Å². The number of rotatable bonds is 0. The Morgan fingerprint density at radius 3 is 3.00 bits per heavy atom. The van der Waals surface area contributed by atoms with Gasteiger partial charge in [-0.1, -0.05) is 6.07 Å². The van der Waals surface area contributed by atoms with Gasteiger partial charge in [0.05, 0.1) is 13.2 Å². The molecule has 0 amide bonds. The van der Waals surface area contributed by atoms with Crippen LogP contribution in [0, 0.1) is 5.82 Å². The average molecular weight is 226 g/mol. The van der Waals surface area contributed by atoms with Gasteiger partial charge in [-0.3, -0.25) is 0 Å². The fraction of sp³-hybridized carbons (Fsp3) is 0.500. The van der Waals surface area contributed by atoms with E-state index in [1.165, 1.54) is 6.07 Å². The van der Waals surface area contributed by atoms with E-state index in [9.17, 15) is 8.78 Å². The molecule has 2 atom stereocenters. The van der Waals surface area contributed by atoms with Gasteiger partial charge in [-0.05, 0) is 12.1 Å². The van der Waals surface area contributed by atoms with Crippen LogP contribution in [0.1, 0.15) is 12.0 Å². The number of fused-ring (bicyclic) bond motifs is 1. The fourth-order valence-electron chi connectivity index (χ4n) is 2.41. The lowest BCUT2D eigenvalue weighted by molar-refractivity contribution is -0.0954. The van der Waals surface area contributed by atoms with E-state index in [-0.39, 0.29) is 12.4 Å². The Labute approximate surface area is 92.2 Å². The molecule has 0 radical (unpaired) electrons. The van der Waals surface area contributed by atoms with Crippen molar-refractivity contribution in [2.24, 2.45) is 0 Å². The van der Waals surface area contributed by atoms with Crippen LogP contribution in [0.25, 0.3) is 0 Å². The Hall–Kier alpha value is -1.16. The first kappa shape index (κ1) is 10.0. The molecule has 0 saturated carbocycles. The second-order valence-electron chi connectivity index (χ2n) is 4.35. The molecule has 1 aromatic rings. The van der Waals surface area contributed by atoms with E-state index in [2.05, 4.69) is 0 Å². The zero-order chi connectivity index (χ0) is 11.2. The third kappa shape index (κ3) is 1.33. The molecular weight excluding hydrogens is 214 g/mol. The van der Waals surface area contributed by atoms with Gasteiger partial charge in [0.25, 0.3) is 0 Å². The predicted octanol–water partition coefficient (Wildman–Crippen LogP) is 2.26. The molecule has 1 spiro atoms. The summed E-state index contributed by atoms with van der Waals surface area (Å²) in [5, 5.41) is 0. The Morgan fingerprint density at radius 2 is 2.25 bits per heavy atom. The van der Waals surface area contributed by atoms with Gasteiger partial charge in [-0.2, -0.15) is 0 Å². The first-order valence-electron chi connectivity index (χ1n) is 5.39. The molecule has 0 aliphatic carbocycles. The lowest BCUT2D eigenvalue weighted by Gasteiger charge is -2.35. The minimum atomic E-state index is -1.19. The quantitative estimate of drug-likeness (QED) is 0.675. The molecule has 2 nitrogen and oxygen atoms in total. The number of ether oxygens (including phenoxy) is 2. The highest BCUT2D eigenvalue weighted by Crippen LogP contribution is 2.42. The molecule has 1 saturated heterocycles. The average Bonchev–Trinajstić information content (AvgIpc) is 2.64. The normalized spacial score (nSPS) is 32.5. The molecule has 3 rings (SSSR count). The Morgan fingerprint density at radius 1 is 1.38 bits per heavy atom. The topological polar surface area (TPSA) is 18.5 Å². The van der Waals surface area contributed by atoms with Gasteiger partial charge in [-0.15, -0.1) is 0 Å². The van der Waals surface area contributed by atoms with Crippen molar-refractivity contribution in [3.8, 4) is 5.75 Å². The van der Waals surface area contributed by atoms with Gasteiger partial charge >= 0.3 is 0 Å². The van der Waals surface area contributed by atoms with Gasteiger partial charge < -0.3 is 9.47 Å². The summed E-state index contributed by atoms with van der Waals surface area (Å²) in [6.45, 7) is 0.506. The molecule has 1 aromatic carbocycles. The molecule has 2 heterocycles. The highest BCUT2D eigenvalue weighted by molar-refractivity contribution is 5.41. The number of benzene rings is 1. The fourth-order valence-corrected chi connectivity index (χ4v) is 2.41. The monoisotopic (exact) mass is 226 g/mol. The van der Waals surface area contributed by atoms with E-state index in [1.54, 1.807) is 12.1 Å². The highest BCUT2D eigenvalue weighted by Gasteiger charge is 2.49. The highest BCUT2D eigenvalue weighted by atomic mass is 19.1. The van der Waals surface area contributed by atoms with Crippen LogP contribution in [0.4, 0.5) is 8.78 Å². The summed E-state index contributed by atoms with van der Waals surface area (Å²) in [6, 6.07) is 4.66. The van der Waals surface area contributed by atoms with Crippen molar-refractivity contribution < 1.29 is 18.3 Å². The second-order valence-corrected chi connectivity index (χ2v) is 4.35. The van der Waals surface area contributed by atoms with Crippen LogP contribution in [-0.4, -0.2) is 25.0 Å². The van der Waals surface area contributed by atoms with Gasteiger partial charge in [0.15, 0.2) is 6.17 Å². The van der Waals surface area contributed by atoms with Crippen molar-refractivity contribution in [2.45, 2.75) is 24.6 Å². The van der Waals surface area contributed by atoms with Gasteiger partial charge in [0.2, 0.25) is 0 Å². The molecule has 0 bridgehead atoms. The molecule has 0 N–H and O–H groups in total. The molecule has 0 aromatic heterocycles. The smallest absolute Gasteiger partial charge is 0.163 e. The Kier molecular flexibility index (Phi) is 2.14. The van der Waals surface area contributed by atoms with Gasteiger partial charge in [0, 0.05) is 18.4 Å². The van der Waals surface area contributed by atoms with E-state index in [0.29, 0.717) is 30.8 Å². The maximum Gasteiger partial charge on any atom is 0.163 e. The number of alkyl halides is 1. The summed E-state index contributed by atoms with van der Waals surface area (Å²) >= 11 is 0. The molecule has 2 unspecified atom stereocenters. The van der Waals surface area contributed by atoms with Crippen LogP contribution < -0.4 is 4.74 Å². The number of hydrogen-bond donors (Lipinski definition) is 0. The van der Waals surface area contributed by atoms with E-state index in [0.717, 1.165) is 0 Å². The maximum atomic E-state index is 13.9. The van der Waals surface area contributed by atoms with Gasteiger partial charge in [-0.25, -0.2) is 8.78 Å². The van der Waals surface area contributed by atoms with Crippen LogP contribution in [0.15, 0.2) is 18.2 Å². The van der Waals surface area contributed by atoms with Crippen molar-refractivity contribution in [3.63, 3.8) is 0 Å². The number of hydrogen-bond acceptors (Lipinski definition) is 2. The summed E-state index contributed by atoms with van der Waals surface area (Å²) in [7, 11) is 0. The van der Waals surface area contributed by atoms with E-state index in [1.807, 2.05) is 0 Å². The van der Waals surface area contributed by atoms with Crippen molar-refractivity contribution in [1.29, 1.82) is 0 Å². The zero-order valence-electron chi connectivity index (χ0n) is 8.71. The lowest BCUT2D eigenvalue weighted by atomic mass is 9.88. The Bertz CT molecular complexity index is 421. The third-order valence-electron chi connectivity index (χ3n) is 3.37. The SMILES string of the molecule is Fc1cccc2c1CC1(CCOCC1F)O2. The van der Waals surface area contributed by atoms with Crippen LogP contribution in [-0.2, 0) is 11.2 Å². The first-order valence-corrected chi connectivity index (χ1v) is 5.39. The standard InChI is InChI=1S/C12H12F2O2/c13-9-2-1-3-10-8(9)6-12(16-10)4-5-15-7-11(12)14/h1-3,11H,4-7H2. The molecule has 16 heavy (non-hydrogen) atoms. The minimum Gasteiger partial charge on any atom is -0.483 e. The van der Waals surface area contributed by atoms with Crippen LogP contribution >= 0.6 is 0 Å². The molecule has 2 aliphatic heterocycles. The zero-order valence-corrected chi connectivity index (χ0v) is 8.71. The molecular formula is C12H12F2O2. The minimum absolute atomic E-state index is 0.0373. The van der Waals surface area contributed by atoms with E-state index in [4.69, 9.17) is 9.47 Å².